The lowest BCUT2D eigenvalue weighted by Crippen LogP contribution is -2.29. The summed E-state index contributed by atoms with van der Waals surface area (Å²) in [4.78, 5) is 0. The van der Waals surface area contributed by atoms with Crippen molar-refractivity contribution in [3.05, 3.63) is 23.7 Å². The summed E-state index contributed by atoms with van der Waals surface area (Å²) < 4.78 is 11.7. The van der Waals surface area contributed by atoms with E-state index in [9.17, 15) is 0 Å². The van der Waals surface area contributed by atoms with E-state index in [1.54, 1.807) is 0 Å². The van der Waals surface area contributed by atoms with Gasteiger partial charge < -0.3 is 9.16 Å². The van der Waals surface area contributed by atoms with Crippen molar-refractivity contribution >= 4 is 8.32 Å². The van der Waals surface area contributed by atoms with Crippen LogP contribution in [0.25, 0.3) is 0 Å². The SMILES string of the molecule is C/C=C(C)/C=C(/OC(C)(C)C)O[Si](C)(C)C. The van der Waals surface area contributed by atoms with E-state index in [0.717, 1.165) is 5.57 Å². The third-order valence-corrected chi connectivity index (χ3v) is 2.43. The van der Waals surface area contributed by atoms with Crippen molar-refractivity contribution in [1.29, 1.82) is 0 Å². The van der Waals surface area contributed by atoms with Gasteiger partial charge in [0.2, 0.25) is 8.32 Å². The summed E-state index contributed by atoms with van der Waals surface area (Å²) in [7, 11) is -1.62. The van der Waals surface area contributed by atoms with Crippen LogP contribution in [0.15, 0.2) is 23.7 Å². The minimum Gasteiger partial charge on any atom is -0.520 e. The van der Waals surface area contributed by atoms with Crippen molar-refractivity contribution in [3.63, 3.8) is 0 Å². The monoisotopic (exact) mass is 242 g/mol. The van der Waals surface area contributed by atoms with Crippen molar-refractivity contribution in [1.82, 2.24) is 0 Å². The summed E-state index contributed by atoms with van der Waals surface area (Å²) in [6, 6.07) is 0. The quantitative estimate of drug-likeness (QED) is 0.411. The molecule has 16 heavy (non-hydrogen) atoms. The molecule has 0 spiro atoms. The first-order chi connectivity index (χ1) is 7.03. The molecule has 0 heterocycles. The van der Waals surface area contributed by atoms with Crippen molar-refractivity contribution < 1.29 is 9.16 Å². The van der Waals surface area contributed by atoms with Gasteiger partial charge in [0.05, 0.1) is 0 Å². The largest absolute Gasteiger partial charge is 0.520 e. The number of ether oxygens (including phenoxy) is 1. The Labute approximate surface area is 101 Å². The Morgan fingerprint density at radius 1 is 1.12 bits per heavy atom. The molecule has 0 fully saturated rings. The average Bonchev–Trinajstić information content (AvgIpc) is 1.97. The summed E-state index contributed by atoms with van der Waals surface area (Å²) in [6.45, 7) is 16.6. The zero-order valence-corrected chi connectivity index (χ0v) is 13.0. The maximum Gasteiger partial charge on any atom is 0.266 e. The fourth-order valence-electron chi connectivity index (χ4n) is 0.953. The summed E-state index contributed by atoms with van der Waals surface area (Å²) in [5.74, 6) is 0.641. The molecular weight excluding hydrogens is 216 g/mol. The third kappa shape index (κ3) is 8.59. The Morgan fingerprint density at radius 2 is 1.62 bits per heavy atom. The molecule has 0 aromatic heterocycles. The molecule has 0 saturated carbocycles. The molecule has 0 aromatic carbocycles. The summed E-state index contributed by atoms with van der Waals surface area (Å²) in [5.41, 5.74) is 0.928. The van der Waals surface area contributed by atoms with Crippen molar-refractivity contribution in [2.24, 2.45) is 0 Å². The van der Waals surface area contributed by atoms with Crippen LogP contribution in [0.2, 0.25) is 19.6 Å². The Kier molecular flexibility index (Phi) is 5.33. The maximum absolute atomic E-state index is 5.92. The first-order valence-corrected chi connectivity index (χ1v) is 9.17. The highest BCUT2D eigenvalue weighted by Gasteiger charge is 2.22. The van der Waals surface area contributed by atoms with Gasteiger partial charge in [-0.15, -0.1) is 0 Å². The normalized spacial score (nSPS) is 15.0. The van der Waals surface area contributed by atoms with E-state index in [0.29, 0.717) is 5.95 Å². The molecule has 0 saturated heterocycles. The molecule has 0 rings (SSSR count). The van der Waals surface area contributed by atoms with Gasteiger partial charge in [-0.25, -0.2) is 0 Å². The molecule has 2 nitrogen and oxygen atoms in total. The van der Waals surface area contributed by atoms with Gasteiger partial charge in [0.15, 0.2) is 0 Å². The van der Waals surface area contributed by atoms with Crippen molar-refractivity contribution in [3.8, 4) is 0 Å². The Bertz CT molecular complexity index is 259. The fourth-order valence-corrected chi connectivity index (χ4v) is 1.66. The third-order valence-electron chi connectivity index (χ3n) is 1.61. The molecule has 0 aliphatic heterocycles. The molecule has 0 N–H and O–H groups in total. The van der Waals surface area contributed by atoms with Gasteiger partial charge in [-0.05, 0) is 59.8 Å². The Morgan fingerprint density at radius 3 is 1.94 bits per heavy atom. The number of hydrogen-bond acceptors (Lipinski definition) is 2. The molecule has 0 bridgehead atoms. The number of rotatable bonds is 4. The molecular formula is C13H26O2Si. The lowest BCUT2D eigenvalue weighted by Gasteiger charge is -2.28. The Balaban J connectivity index is 4.86. The molecule has 0 aliphatic carbocycles. The maximum atomic E-state index is 5.92. The molecule has 0 amide bonds. The highest BCUT2D eigenvalue weighted by Crippen LogP contribution is 2.20. The van der Waals surface area contributed by atoms with Gasteiger partial charge >= 0.3 is 0 Å². The van der Waals surface area contributed by atoms with Gasteiger partial charge in [0.1, 0.15) is 5.60 Å². The zero-order valence-electron chi connectivity index (χ0n) is 12.0. The predicted molar refractivity (Wildman–Crippen MR) is 72.8 cm³/mol. The topological polar surface area (TPSA) is 18.5 Å². The second kappa shape index (κ2) is 5.57. The number of allylic oxidation sites excluding steroid dienone is 3. The van der Waals surface area contributed by atoms with Crippen LogP contribution < -0.4 is 0 Å². The molecule has 3 heteroatoms. The first-order valence-electron chi connectivity index (χ1n) is 5.76. The summed E-state index contributed by atoms with van der Waals surface area (Å²) >= 11 is 0. The second-order valence-corrected chi connectivity index (χ2v) is 10.4. The number of hydrogen-bond donors (Lipinski definition) is 0. The van der Waals surface area contributed by atoms with Gasteiger partial charge in [-0.2, -0.15) is 0 Å². The highest BCUT2D eigenvalue weighted by molar-refractivity contribution is 6.70. The van der Waals surface area contributed by atoms with Crippen LogP contribution in [0.1, 0.15) is 34.6 Å². The van der Waals surface area contributed by atoms with Gasteiger partial charge in [0.25, 0.3) is 5.95 Å². The zero-order chi connectivity index (χ0) is 13.0. The lowest BCUT2D eigenvalue weighted by molar-refractivity contribution is -0.00828. The minimum atomic E-state index is -1.62. The molecule has 0 atom stereocenters. The van der Waals surface area contributed by atoms with Gasteiger partial charge in [-0.3, -0.25) is 0 Å². The van der Waals surface area contributed by atoms with Crippen LogP contribution >= 0.6 is 0 Å². The molecule has 0 aliphatic rings. The highest BCUT2D eigenvalue weighted by atomic mass is 28.4. The standard InChI is InChI=1S/C13H26O2Si/c1-9-11(2)10-12(14-13(3,4)5)15-16(6,7)8/h9-10H,1-8H3/b11-9+,12-10-. The van der Waals surface area contributed by atoms with E-state index >= 15 is 0 Å². The average molecular weight is 242 g/mol. The fraction of sp³-hybridized carbons (Fsp3) is 0.692. The minimum absolute atomic E-state index is 0.223. The molecule has 0 unspecified atom stereocenters. The molecule has 0 aromatic rings. The Hall–Kier alpha value is -0.703. The first kappa shape index (κ1) is 15.3. The predicted octanol–water partition coefficient (Wildman–Crippen LogP) is 4.46. The van der Waals surface area contributed by atoms with Gasteiger partial charge in [0, 0.05) is 6.08 Å². The van der Waals surface area contributed by atoms with Crippen LogP contribution in [-0.4, -0.2) is 13.9 Å². The van der Waals surface area contributed by atoms with E-state index in [1.165, 1.54) is 0 Å². The van der Waals surface area contributed by atoms with E-state index < -0.39 is 8.32 Å². The van der Waals surface area contributed by atoms with Crippen molar-refractivity contribution in [2.75, 3.05) is 0 Å². The van der Waals surface area contributed by atoms with E-state index in [4.69, 9.17) is 9.16 Å². The molecule has 0 radical (unpaired) electrons. The second-order valence-electron chi connectivity index (χ2n) is 5.92. The van der Waals surface area contributed by atoms with E-state index in [2.05, 4.69) is 19.6 Å². The summed E-state index contributed by atoms with van der Waals surface area (Å²) in [6.07, 6.45) is 4.00. The smallest absolute Gasteiger partial charge is 0.266 e. The van der Waals surface area contributed by atoms with Crippen LogP contribution in [0.3, 0.4) is 0 Å². The van der Waals surface area contributed by atoms with Crippen LogP contribution in [0.5, 0.6) is 0 Å². The van der Waals surface area contributed by atoms with Crippen molar-refractivity contribution in [2.45, 2.75) is 59.9 Å². The van der Waals surface area contributed by atoms with Crippen LogP contribution in [0, 0.1) is 0 Å². The van der Waals surface area contributed by atoms with E-state index in [1.807, 2.05) is 46.8 Å². The lowest BCUT2D eigenvalue weighted by atomic mass is 10.2. The van der Waals surface area contributed by atoms with E-state index in [-0.39, 0.29) is 5.60 Å². The molecule has 94 valence electrons. The van der Waals surface area contributed by atoms with Gasteiger partial charge in [-0.1, -0.05) is 6.08 Å². The van der Waals surface area contributed by atoms with Crippen LogP contribution in [-0.2, 0) is 9.16 Å². The summed E-state index contributed by atoms with van der Waals surface area (Å²) in [5, 5.41) is 0. The van der Waals surface area contributed by atoms with Crippen LogP contribution in [0.4, 0.5) is 0 Å².